The molecule has 0 unspecified atom stereocenters. The normalized spacial score (nSPS) is 12.9. The third-order valence-corrected chi connectivity index (χ3v) is 2.91. The van der Waals surface area contributed by atoms with E-state index in [1.807, 2.05) is 42.5 Å². The van der Waals surface area contributed by atoms with Crippen LogP contribution in [-0.4, -0.2) is 5.84 Å². The van der Waals surface area contributed by atoms with Crippen molar-refractivity contribution in [1.29, 1.82) is 0 Å². The molecule has 1 aliphatic rings. The number of fused-ring (bicyclic) bond motifs is 2. The second kappa shape index (κ2) is 3.79. The summed E-state index contributed by atoms with van der Waals surface area (Å²) in [5.74, 6) is 0.472. The summed E-state index contributed by atoms with van der Waals surface area (Å²) in [4.78, 5) is 4.40. The van der Waals surface area contributed by atoms with E-state index in [-0.39, 0.29) is 0 Å². The number of nitrogens with two attached hydrogens (primary N) is 1. The first-order chi connectivity index (χ1) is 8.24. The molecule has 0 saturated heterocycles. The van der Waals surface area contributed by atoms with Crippen LogP contribution in [0.4, 0.5) is 17.1 Å². The summed E-state index contributed by atoms with van der Waals surface area (Å²) in [6.45, 7) is 0. The molecule has 0 saturated carbocycles. The van der Waals surface area contributed by atoms with E-state index < -0.39 is 0 Å². The van der Waals surface area contributed by atoms with E-state index in [2.05, 4.69) is 10.3 Å². The molecule has 2 aromatic carbocycles. The minimum absolute atomic E-state index is 0.472. The molecule has 3 nitrogen and oxygen atoms in total. The van der Waals surface area contributed by atoms with E-state index >= 15 is 0 Å². The van der Waals surface area contributed by atoms with Gasteiger partial charge in [0.1, 0.15) is 5.84 Å². The van der Waals surface area contributed by atoms with E-state index in [4.69, 9.17) is 17.3 Å². The second-order valence-electron chi connectivity index (χ2n) is 3.83. The van der Waals surface area contributed by atoms with Crippen LogP contribution in [0.15, 0.2) is 47.5 Å². The SMILES string of the molecule is NC1=Nc2ccccc2Nc2ccc(Cl)cc21. The van der Waals surface area contributed by atoms with Crippen molar-refractivity contribution < 1.29 is 0 Å². The van der Waals surface area contributed by atoms with Crippen molar-refractivity contribution in [3.05, 3.63) is 53.1 Å². The Kier molecular flexibility index (Phi) is 2.27. The number of anilines is 2. The quantitative estimate of drug-likeness (QED) is 0.745. The summed E-state index contributed by atoms with van der Waals surface area (Å²) in [6.07, 6.45) is 0. The molecule has 4 heteroatoms. The first kappa shape index (κ1) is 10.2. The zero-order chi connectivity index (χ0) is 11.8. The minimum Gasteiger partial charge on any atom is -0.383 e. The zero-order valence-corrected chi connectivity index (χ0v) is 9.70. The van der Waals surface area contributed by atoms with Crippen LogP contribution in [0.1, 0.15) is 5.56 Å². The summed E-state index contributed by atoms with van der Waals surface area (Å²) in [5, 5.41) is 3.96. The van der Waals surface area contributed by atoms with Crippen LogP contribution in [-0.2, 0) is 0 Å². The van der Waals surface area contributed by atoms with Crippen LogP contribution in [0.25, 0.3) is 0 Å². The lowest BCUT2D eigenvalue weighted by molar-refractivity contribution is 1.48. The van der Waals surface area contributed by atoms with E-state index in [0.29, 0.717) is 10.9 Å². The predicted molar refractivity (Wildman–Crippen MR) is 71.6 cm³/mol. The maximum atomic E-state index is 5.98. The zero-order valence-electron chi connectivity index (χ0n) is 8.94. The van der Waals surface area contributed by atoms with E-state index in [1.165, 1.54) is 0 Å². The van der Waals surface area contributed by atoms with Crippen molar-refractivity contribution in [2.24, 2.45) is 10.7 Å². The summed E-state index contributed by atoms with van der Waals surface area (Å²) < 4.78 is 0. The number of hydrogen-bond donors (Lipinski definition) is 2. The Morgan fingerprint density at radius 3 is 2.76 bits per heavy atom. The fraction of sp³-hybridized carbons (Fsp3) is 0. The summed E-state index contributed by atoms with van der Waals surface area (Å²) in [7, 11) is 0. The van der Waals surface area contributed by atoms with Crippen LogP contribution in [0.3, 0.4) is 0 Å². The van der Waals surface area contributed by atoms with Gasteiger partial charge < -0.3 is 11.1 Å². The van der Waals surface area contributed by atoms with Gasteiger partial charge in [-0.3, -0.25) is 0 Å². The van der Waals surface area contributed by atoms with Gasteiger partial charge in [-0.2, -0.15) is 0 Å². The Morgan fingerprint density at radius 2 is 1.88 bits per heavy atom. The van der Waals surface area contributed by atoms with E-state index in [1.54, 1.807) is 0 Å². The average molecular weight is 244 g/mol. The standard InChI is InChI=1S/C13H10ClN3/c14-8-5-6-10-9(7-8)13(15)17-12-4-2-1-3-11(12)16-10/h1-7,16H,(H2,15,17). The molecule has 3 N–H and O–H groups in total. The van der Waals surface area contributed by atoms with Crippen molar-refractivity contribution in [2.45, 2.75) is 0 Å². The number of amidine groups is 1. The summed E-state index contributed by atoms with van der Waals surface area (Å²) in [6, 6.07) is 13.3. The molecule has 0 bridgehead atoms. The minimum atomic E-state index is 0.472. The first-order valence-electron chi connectivity index (χ1n) is 5.24. The highest BCUT2D eigenvalue weighted by atomic mass is 35.5. The highest BCUT2D eigenvalue weighted by molar-refractivity contribution is 6.31. The Hall–Kier alpha value is -2.00. The monoisotopic (exact) mass is 243 g/mol. The van der Waals surface area contributed by atoms with Gasteiger partial charge in [0, 0.05) is 16.3 Å². The third-order valence-electron chi connectivity index (χ3n) is 2.67. The van der Waals surface area contributed by atoms with Gasteiger partial charge in [0.25, 0.3) is 0 Å². The molecule has 1 aliphatic heterocycles. The van der Waals surface area contributed by atoms with Crippen molar-refractivity contribution >= 4 is 34.5 Å². The molecule has 0 amide bonds. The lowest BCUT2D eigenvalue weighted by Crippen LogP contribution is -2.13. The van der Waals surface area contributed by atoms with Crippen LogP contribution < -0.4 is 11.1 Å². The Labute approximate surface area is 104 Å². The number of rotatable bonds is 0. The Morgan fingerprint density at radius 1 is 1.06 bits per heavy atom. The molecule has 0 radical (unpaired) electrons. The van der Waals surface area contributed by atoms with Gasteiger partial charge in [0.05, 0.1) is 11.4 Å². The maximum absolute atomic E-state index is 5.98. The van der Waals surface area contributed by atoms with Crippen molar-refractivity contribution in [3.8, 4) is 0 Å². The number of hydrogen-bond acceptors (Lipinski definition) is 3. The van der Waals surface area contributed by atoms with Gasteiger partial charge >= 0.3 is 0 Å². The average Bonchev–Trinajstić information content (AvgIpc) is 2.46. The molecule has 0 fully saturated rings. The van der Waals surface area contributed by atoms with Crippen molar-refractivity contribution in [3.63, 3.8) is 0 Å². The van der Waals surface area contributed by atoms with Crippen LogP contribution in [0.2, 0.25) is 5.02 Å². The van der Waals surface area contributed by atoms with Crippen molar-refractivity contribution in [1.82, 2.24) is 0 Å². The lowest BCUT2D eigenvalue weighted by atomic mass is 10.1. The van der Waals surface area contributed by atoms with Gasteiger partial charge in [0.2, 0.25) is 0 Å². The van der Waals surface area contributed by atoms with Gasteiger partial charge in [-0.25, -0.2) is 4.99 Å². The molecule has 0 aliphatic carbocycles. The van der Waals surface area contributed by atoms with E-state index in [0.717, 1.165) is 22.6 Å². The van der Waals surface area contributed by atoms with Gasteiger partial charge in [-0.05, 0) is 30.3 Å². The number of benzene rings is 2. The molecule has 1 heterocycles. The molecule has 0 aromatic heterocycles. The number of nitrogens with zero attached hydrogens (tertiary/aromatic N) is 1. The van der Waals surface area contributed by atoms with Gasteiger partial charge in [-0.1, -0.05) is 23.7 Å². The highest BCUT2D eigenvalue weighted by Gasteiger charge is 2.13. The predicted octanol–water partition coefficient (Wildman–Crippen LogP) is 3.43. The number of para-hydroxylation sites is 2. The fourth-order valence-corrected chi connectivity index (χ4v) is 2.02. The van der Waals surface area contributed by atoms with E-state index in [9.17, 15) is 0 Å². The number of halogens is 1. The molecule has 2 aromatic rings. The fourth-order valence-electron chi connectivity index (χ4n) is 1.85. The number of nitrogens with one attached hydrogen (secondary N) is 1. The molecular formula is C13H10ClN3. The third kappa shape index (κ3) is 1.74. The molecule has 17 heavy (non-hydrogen) atoms. The van der Waals surface area contributed by atoms with Crippen LogP contribution >= 0.6 is 11.6 Å². The molecule has 0 spiro atoms. The van der Waals surface area contributed by atoms with Gasteiger partial charge in [0.15, 0.2) is 0 Å². The largest absolute Gasteiger partial charge is 0.383 e. The second-order valence-corrected chi connectivity index (χ2v) is 4.27. The molecular weight excluding hydrogens is 234 g/mol. The Balaban J connectivity index is 2.24. The molecule has 84 valence electrons. The smallest absolute Gasteiger partial charge is 0.133 e. The summed E-state index contributed by atoms with van der Waals surface area (Å²) >= 11 is 5.97. The molecule has 0 atom stereocenters. The highest BCUT2D eigenvalue weighted by Crippen LogP contribution is 2.33. The topological polar surface area (TPSA) is 50.4 Å². The van der Waals surface area contributed by atoms with Crippen LogP contribution in [0, 0.1) is 0 Å². The number of aliphatic imine (C=N–C) groups is 1. The lowest BCUT2D eigenvalue weighted by Gasteiger charge is -2.09. The van der Waals surface area contributed by atoms with Crippen molar-refractivity contribution in [2.75, 3.05) is 5.32 Å². The summed E-state index contributed by atoms with van der Waals surface area (Å²) in [5.41, 5.74) is 9.50. The first-order valence-corrected chi connectivity index (χ1v) is 5.62. The van der Waals surface area contributed by atoms with Crippen LogP contribution in [0.5, 0.6) is 0 Å². The van der Waals surface area contributed by atoms with Gasteiger partial charge in [-0.15, -0.1) is 0 Å². The molecule has 3 rings (SSSR count). The Bertz CT molecular complexity index is 620. The maximum Gasteiger partial charge on any atom is 0.133 e.